The summed E-state index contributed by atoms with van der Waals surface area (Å²) in [5, 5.41) is 17.9. The summed E-state index contributed by atoms with van der Waals surface area (Å²) < 4.78 is 28.0. The number of carbonyl (C=O) groups is 1. The molecule has 5 atom stereocenters. The van der Waals surface area contributed by atoms with Crippen LogP contribution in [0.4, 0.5) is 8.78 Å². The summed E-state index contributed by atoms with van der Waals surface area (Å²) in [5.41, 5.74) is 3.04. The zero-order valence-corrected chi connectivity index (χ0v) is 23.4. The highest BCUT2D eigenvalue weighted by atomic mass is 19.1. The smallest absolute Gasteiger partial charge is 0.251 e. The molecule has 212 valence electrons. The predicted octanol–water partition coefficient (Wildman–Crippen LogP) is 6.31. The Hall–Kier alpha value is -3.09. The first-order chi connectivity index (χ1) is 19.2. The summed E-state index contributed by atoms with van der Waals surface area (Å²) in [6, 6.07) is 18.6. The molecule has 40 heavy (non-hydrogen) atoms. The van der Waals surface area contributed by atoms with E-state index < -0.39 is 23.3 Å². The zero-order chi connectivity index (χ0) is 28.3. The maximum atomic E-state index is 14.0. The van der Waals surface area contributed by atoms with E-state index in [4.69, 9.17) is 0 Å². The van der Waals surface area contributed by atoms with E-state index in [2.05, 4.69) is 35.8 Å². The average Bonchev–Trinajstić information content (AvgIpc) is 3.56. The monoisotopic (exact) mass is 546 g/mol. The second-order valence-electron chi connectivity index (χ2n) is 12.0. The van der Waals surface area contributed by atoms with E-state index in [0.717, 1.165) is 24.0 Å². The van der Waals surface area contributed by atoms with Crippen molar-refractivity contribution >= 4 is 5.91 Å². The highest BCUT2D eigenvalue weighted by Gasteiger charge is 2.40. The van der Waals surface area contributed by atoms with Crippen molar-refractivity contribution in [1.82, 2.24) is 10.6 Å². The molecule has 3 aromatic rings. The van der Waals surface area contributed by atoms with Gasteiger partial charge in [0, 0.05) is 24.7 Å². The molecule has 0 radical (unpaired) electrons. The third kappa shape index (κ3) is 6.79. The standard InChI is InChI=1S/C34H40F2N2O2/c1-3-22-6-4-7-24(12-22)20-37-21-34(2,40)32(17-25-14-29(35)19-30(36)15-25)38-33(39)28-9-5-8-26(18-28)31-16-23-10-11-27(31)13-23/h4-9,12,14-15,18-19,23,27,31-32,37,40H,3,10-11,13,16-17,20-21H2,1-2H3,(H,38,39)/t23?,27?,31?,32-,34+/m0/s1. The third-order valence-electron chi connectivity index (χ3n) is 8.94. The first kappa shape index (κ1) is 28.4. The molecule has 0 saturated heterocycles. The van der Waals surface area contributed by atoms with Gasteiger partial charge in [0.25, 0.3) is 5.91 Å². The maximum Gasteiger partial charge on any atom is 0.251 e. The van der Waals surface area contributed by atoms with Gasteiger partial charge < -0.3 is 15.7 Å². The van der Waals surface area contributed by atoms with Crippen molar-refractivity contribution in [2.45, 2.75) is 76.5 Å². The van der Waals surface area contributed by atoms with E-state index in [1.54, 1.807) is 13.0 Å². The van der Waals surface area contributed by atoms with E-state index in [9.17, 15) is 18.7 Å². The molecule has 2 aliphatic carbocycles. The maximum absolute atomic E-state index is 14.0. The Morgan fingerprint density at radius 1 is 0.975 bits per heavy atom. The Morgan fingerprint density at radius 2 is 1.73 bits per heavy atom. The number of hydrogen-bond donors (Lipinski definition) is 3. The SMILES string of the molecule is CCc1cccc(CNC[C@@](C)(O)[C@H](Cc2cc(F)cc(F)c2)NC(=O)c2cccc(C3CC4CCC3C4)c2)c1. The quantitative estimate of drug-likeness (QED) is 0.264. The number of amides is 1. The predicted molar refractivity (Wildman–Crippen MR) is 154 cm³/mol. The van der Waals surface area contributed by atoms with Gasteiger partial charge in [0.15, 0.2) is 0 Å². The number of fused-ring (bicyclic) bond motifs is 2. The van der Waals surface area contributed by atoms with Crippen LogP contribution in [-0.2, 0) is 19.4 Å². The molecule has 0 spiro atoms. The second kappa shape index (κ2) is 12.2. The number of aryl methyl sites for hydroxylation is 1. The van der Waals surface area contributed by atoms with Crippen molar-refractivity contribution in [2.24, 2.45) is 11.8 Å². The fourth-order valence-corrected chi connectivity index (χ4v) is 6.74. The fraction of sp³-hybridized carbons (Fsp3) is 0.441. The van der Waals surface area contributed by atoms with Crippen LogP contribution in [0.25, 0.3) is 0 Å². The molecule has 2 aliphatic rings. The van der Waals surface area contributed by atoms with Gasteiger partial charge in [0.2, 0.25) is 0 Å². The Balaban J connectivity index is 1.32. The van der Waals surface area contributed by atoms with Crippen LogP contribution >= 0.6 is 0 Å². The van der Waals surface area contributed by atoms with E-state index >= 15 is 0 Å². The van der Waals surface area contributed by atoms with Crippen LogP contribution in [0, 0.1) is 23.5 Å². The van der Waals surface area contributed by atoms with E-state index in [0.29, 0.717) is 29.5 Å². The van der Waals surface area contributed by atoms with Gasteiger partial charge in [-0.05, 0) is 103 Å². The number of nitrogens with one attached hydrogen (secondary N) is 2. The second-order valence-corrected chi connectivity index (χ2v) is 12.0. The van der Waals surface area contributed by atoms with Crippen LogP contribution in [0.3, 0.4) is 0 Å². The van der Waals surface area contributed by atoms with E-state index in [-0.39, 0.29) is 18.9 Å². The molecule has 2 bridgehead atoms. The van der Waals surface area contributed by atoms with Crippen molar-refractivity contribution in [2.75, 3.05) is 6.54 Å². The number of aliphatic hydroxyl groups is 1. The molecule has 6 heteroatoms. The van der Waals surface area contributed by atoms with Crippen LogP contribution in [0.15, 0.2) is 66.7 Å². The molecule has 0 aromatic heterocycles. The van der Waals surface area contributed by atoms with E-state index in [1.807, 2.05) is 24.3 Å². The normalized spacial score (nSPS) is 22.2. The van der Waals surface area contributed by atoms with Crippen molar-refractivity contribution < 1.29 is 18.7 Å². The van der Waals surface area contributed by atoms with Gasteiger partial charge in [0.1, 0.15) is 11.6 Å². The van der Waals surface area contributed by atoms with Crippen molar-refractivity contribution in [3.63, 3.8) is 0 Å². The van der Waals surface area contributed by atoms with Crippen LogP contribution in [0.2, 0.25) is 0 Å². The zero-order valence-electron chi connectivity index (χ0n) is 23.4. The van der Waals surface area contributed by atoms with Gasteiger partial charge in [-0.1, -0.05) is 49.7 Å². The average molecular weight is 547 g/mol. The van der Waals surface area contributed by atoms with Gasteiger partial charge in [0.05, 0.1) is 11.6 Å². The van der Waals surface area contributed by atoms with Gasteiger partial charge in [-0.2, -0.15) is 0 Å². The minimum atomic E-state index is -1.40. The first-order valence-electron chi connectivity index (χ1n) is 14.6. The van der Waals surface area contributed by atoms with E-state index in [1.165, 1.54) is 48.9 Å². The Labute approximate surface area is 236 Å². The molecule has 4 nitrogen and oxygen atoms in total. The van der Waals surface area contributed by atoms with Crippen LogP contribution in [0.1, 0.15) is 78.1 Å². The lowest BCUT2D eigenvalue weighted by Crippen LogP contribution is -2.56. The Bertz CT molecular complexity index is 1320. The number of benzene rings is 3. The molecule has 1 amide bonds. The lowest BCUT2D eigenvalue weighted by molar-refractivity contribution is 0.0188. The third-order valence-corrected chi connectivity index (χ3v) is 8.94. The lowest BCUT2D eigenvalue weighted by Gasteiger charge is -2.34. The number of hydrogen-bond acceptors (Lipinski definition) is 3. The van der Waals surface area contributed by atoms with Crippen molar-refractivity contribution in [3.8, 4) is 0 Å². The van der Waals surface area contributed by atoms with Crippen molar-refractivity contribution in [3.05, 3.63) is 106 Å². The molecule has 2 saturated carbocycles. The number of halogens is 2. The molecule has 5 rings (SSSR count). The molecule has 3 unspecified atom stereocenters. The summed E-state index contributed by atoms with van der Waals surface area (Å²) in [4.78, 5) is 13.5. The topological polar surface area (TPSA) is 61.4 Å². The highest BCUT2D eigenvalue weighted by Crippen LogP contribution is 2.52. The van der Waals surface area contributed by atoms with Gasteiger partial charge in [-0.3, -0.25) is 4.79 Å². The van der Waals surface area contributed by atoms with Gasteiger partial charge in [-0.25, -0.2) is 8.78 Å². The molecule has 3 aromatic carbocycles. The Morgan fingerprint density at radius 3 is 2.42 bits per heavy atom. The van der Waals surface area contributed by atoms with Gasteiger partial charge in [-0.15, -0.1) is 0 Å². The fourth-order valence-electron chi connectivity index (χ4n) is 6.74. The Kier molecular flexibility index (Phi) is 8.67. The summed E-state index contributed by atoms with van der Waals surface area (Å²) in [5.74, 6) is 0.317. The molecule has 0 heterocycles. The molecule has 3 N–H and O–H groups in total. The molecule has 2 fully saturated rings. The summed E-state index contributed by atoms with van der Waals surface area (Å²) in [6.07, 6.45) is 6.06. The summed E-state index contributed by atoms with van der Waals surface area (Å²) >= 11 is 0. The van der Waals surface area contributed by atoms with Crippen LogP contribution < -0.4 is 10.6 Å². The summed E-state index contributed by atoms with van der Waals surface area (Å²) in [6.45, 7) is 4.48. The minimum Gasteiger partial charge on any atom is -0.387 e. The largest absolute Gasteiger partial charge is 0.387 e. The van der Waals surface area contributed by atoms with Gasteiger partial charge >= 0.3 is 0 Å². The molecular formula is C34H40F2N2O2. The van der Waals surface area contributed by atoms with Crippen LogP contribution in [-0.4, -0.2) is 29.2 Å². The molecule has 0 aliphatic heterocycles. The number of rotatable bonds is 11. The molecular weight excluding hydrogens is 506 g/mol. The number of carbonyl (C=O) groups excluding carboxylic acids is 1. The lowest BCUT2D eigenvalue weighted by atomic mass is 9.83. The first-order valence-corrected chi connectivity index (χ1v) is 14.6. The highest BCUT2D eigenvalue weighted by molar-refractivity contribution is 5.94. The van der Waals surface area contributed by atoms with Crippen molar-refractivity contribution in [1.29, 1.82) is 0 Å². The van der Waals surface area contributed by atoms with Crippen LogP contribution in [0.5, 0.6) is 0 Å². The summed E-state index contributed by atoms with van der Waals surface area (Å²) in [7, 11) is 0. The minimum absolute atomic E-state index is 0.0759.